The van der Waals surface area contributed by atoms with E-state index in [9.17, 15) is 34.2 Å². The Morgan fingerprint density at radius 3 is 2.43 bits per heavy atom. The van der Waals surface area contributed by atoms with Gasteiger partial charge in [0, 0.05) is 25.1 Å². The van der Waals surface area contributed by atoms with Crippen molar-refractivity contribution in [2.45, 2.75) is 24.9 Å². The first-order chi connectivity index (χ1) is 17.6. The molecule has 0 aliphatic heterocycles. The third-order valence-corrected chi connectivity index (χ3v) is 7.84. The number of anilines is 1. The average Bonchev–Trinajstić information content (AvgIpc) is 2.85. The van der Waals surface area contributed by atoms with E-state index in [0.29, 0.717) is 11.1 Å². The van der Waals surface area contributed by atoms with Crippen molar-refractivity contribution in [2.24, 2.45) is 34.4 Å². The largest absolute Gasteiger partial charge is 0.507 e. The Kier molecular flexibility index (Phi) is 5.79. The van der Waals surface area contributed by atoms with Crippen LogP contribution in [-0.2, 0) is 25.6 Å². The minimum atomic E-state index is -2.65. The number of benzene rings is 2. The van der Waals surface area contributed by atoms with Gasteiger partial charge in [0.2, 0.25) is 5.91 Å². The minimum absolute atomic E-state index is 0.0275. The number of Topliss-reactive ketones (excluding diaryl/α,β-unsaturated/α-hetero) is 4. The Hall–Kier alpha value is -4.18. The Balaban J connectivity index is 1.56. The van der Waals surface area contributed by atoms with Crippen LogP contribution in [-0.4, -0.2) is 58.2 Å². The molecule has 5 N–H and O–H groups in total. The number of nitrogens with zero attached hydrogens (tertiary/aromatic N) is 1. The molecule has 0 aromatic heterocycles. The van der Waals surface area contributed by atoms with E-state index in [2.05, 4.69) is 10.3 Å². The van der Waals surface area contributed by atoms with Crippen LogP contribution in [0.4, 0.5) is 5.69 Å². The molecule has 2 aromatic carbocycles. The summed E-state index contributed by atoms with van der Waals surface area (Å²) in [4.78, 5) is 68.3. The zero-order valence-corrected chi connectivity index (χ0v) is 19.9. The van der Waals surface area contributed by atoms with Crippen molar-refractivity contribution in [3.05, 3.63) is 47.5 Å². The molecule has 10 nitrogen and oxygen atoms in total. The number of fused-ring (bicyclic) bond motifs is 3. The molecular formula is C27H25N3O7. The number of nitrogens with two attached hydrogens (primary N) is 1. The second-order valence-electron chi connectivity index (χ2n) is 9.83. The molecule has 3 aliphatic rings. The number of carbonyl (C=O) groups excluding carboxylic acids is 5. The second kappa shape index (κ2) is 8.74. The molecule has 37 heavy (non-hydrogen) atoms. The molecule has 3 aliphatic carbocycles. The standard InChI is InChI=1S/C27H25N3O7/c1-29-11-30-15-4-2-12(3-5-15)16-6-7-18(31)21-17(16)9-13-8-14-10-19(32)22(26(28)36)25(35)27(14,37)24(34)20(13)23(21)33/h2-7,11,13-14,20,22,31,37H,8-10H2,1H3,(H2,28,36)(H,29,30)/t13-,14?,20?,22?,27+/m1/s1. The number of rotatable bonds is 4. The Morgan fingerprint density at radius 1 is 1.08 bits per heavy atom. The molecule has 5 rings (SSSR count). The molecule has 0 heterocycles. The van der Waals surface area contributed by atoms with Crippen LogP contribution in [0.3, 0.4) is 0 Å². The Bertz CT molecular complexity index is 1400. The highest BCUT2D eigenvalue weighted by Gasteiger charge is 2.66. The Morgan fingerprint density at radius 2 is 1.78 bits per heavy atom. The first-order valence-corrected chi connectivity index (χ1v) is 11.9. The summed E-state index contributed by atoms with van der Waals surface area (Å²) in [5.74, 6) is -10.2. The van der Waals surface area contributed by atoms with Crippen LogP contribution in [0.5, 0.6) is 5.75 Å². The number of amides is 1. The summed E-state index contributed by atoms with van der Waals surface area (Å²) >= 11 is 0. The minimum Gasteiger partial charge on any atom is -0.507 e. The lowest BCUT2D eigenvalue weighted by molar-refractivity contribution is -0.175. The van der Waals surface area contributed by atoms with E-state index in [1.54, 1.807) is 19.5 Å². The summed E-state index contributed by atoms with van der Waals surface area (Å²) < 4.78 is 0. The fourth-order valence-corrected chi connectivity index (χ4v) is 6.12. The molecule has 2 aromatic rings. The van der Waals surface area contributed by atoms with Crippen LogP contribution in [0.15, 0.2) is 41.4 Å². The van der Waals surface area contributed by atoms with E-state index in [4.69, 9.17) is 5.73 Å². The van der Waals surface area contributed by atoms with Gasteiger partial charge in [0.1, 0.15) is 5.75 Å². The zero-order chi connectivity index (χ0) is 26.6. The van der Waals surface area contributed by atoms with Gasteiger partial charge in [0.05, 0.1) is 17.8 Å². The van der Waals surface area contributed by atoms with Gasteiger partial charge in [0.25, 0.3) is 0 Å². The van der Waals surface area contributed by atoms with Gasteiger partial charge in [-0.15, -0.1) is 0 Å². The number of primary amides is 1. The summed E-state index contributed by atoms with van der Waals surface area (Å²) in [5, 5.41) is 24.9. The predicted octanol–water partition coefficient (Wildman–Crippen LogP) is 1.06. The van der Waals surface area contributed by atoms with Gasteiger partial charge in [-0.2, -0.15) is 0 Å². The van der Waals surface area contributed by atoms with E-state index in [-0.39, 0.29) is 30.6 Å². The van der Waals surface area contributed by atoms with Crippen molar-refractivity contribution in [2.75, 3.05) is 12.4 Å². The second-order valence-corrected chi connectivity index (χ2v) is 9.83. The first-order valence-electron chi connectivity index (χ1n) is 11.9. The third kappa shape index (κ3) is 3.59. The lowest BCUT2D eigenvalue weighted by Crippen LogP contribution is -2.68. The van der Waals surface area contributed by atoms with Gasteiger partial charge < -0.3 is 21.3 Å². The van der Waals surface area contributed by atoms with Crippen LogP contribution < -0.4 is 11.1 Å². The maximum atomic E-state index is 13.7. The smallest absolute Gasteiger partial charge is 0.235 e. The molecule has 2 saturated carbocycles. The van der Waals surface area contributed by atoms with Crippen molar-refractivity contribution in [1.29, 1.82) is 0 Å². The molecule has 3 unspecified atom stereocenters. The van der Waals surface area contributed by atoms with Gasteiger partial charge in [-0.05, 0) is 53.6 Å². The topological polar surface area (TPSA) is 176 Å². The van der Waals surface area contributed by atoms with Crippen LogP contribution in [0, 0.1) is 23.7 Å². The summed E-state index contributed by atoms with van der Waals surface area (Å²) in [5.41, 5.74) is 5.38. The number of phenolic OH excluding ortho intramolecular Hbond substituents is 1. The highest BCUT2D eigenvalue weighted by Crippen LogP contribution is 2.51. The van der Waals surface area contributed by atoms with Crippen molar-refractivity contribution in [3.63, 3.8) is 0 Å². The fourth-order valence-electron chi connectivity index (χ4n) is 6.12. The molecule has 0 radical (unpaired) electrons. The Labute approximate surface area is 211 Å². The number of ketones is 4. The van der Waals surface area contributed by atoms with E-state index in [1.165, 1.54) is 6.07 Å². The average molecular weight is 504 g/mol. The van der Waals surface area contributed by atoms with Crippen LogP contribution >= 0.6 is 0 Å². The maximum absolute atomic E-state index is 13.7. The highest BCUT2D eigenvalue weighted by atomic mass is 16.3. The predicted molar refractivity (Wildman–Crippen MR) is 132 cm³/mol. The molecule has 1 amide bonds. The number of nitrogens with one attached hydrogen (secondary N) is 1. The number of aromatic hydroxyl groups is 1. The normalized spacial score (nSPS) is 29.0. The first kappa shape index (κ1) is 24.5. The van der Waals surface area contributed by atoms with Crippen LogP contribution in [0.1, 0.15) is 28.8 Å². The molecule has 190 valence electrons. The number of hydrogen-bond acceptors (Lipinski definition) is 8. The fraction of sp³-hybridized carbons (Fsp3) is 0.333. The molecule has 0 bridgehead atoms. The molecule has 0 saturated heterocycles. The van der Waals surface area contributed by atoms with E-state index in [1.807, 2.05) is 24.3 Å². The number of aliphatic hydroxyl groups is 1. The van der Waals surface area contributed by atoms with Gasteiger partial charge >= 0.3 is 0 Å². The number of phenols is 1. The van der Waals surface area contributed by atoms with Gasteiger partial charge in [-0.3, -0.25) is 29.0 Å². The lowest BCUT2D eigenvalue weighted by Gasteiger charge is -2.48. The number of aliphatic imine (C=N–C) groups is 1. The van der Waals surface area contributed by atoms with E-state index < -0.39 is 58.3 Å². The summed E-state index contributed by atoms with van der Waals surface area (Å²) in [7, 11) is 1.64. The molecule has 10 heteroatoms. The highest BCUT2D eigenvalue weighted by molar-refractivity contribution is 6.31. The van der Waals surface area contributed by atoms with Crippen LogP contribution in [0.2, 0.25) is 0 Å². The quantitative estimate of drug-likeness (QED) is 0.272. The summed E-state index contributed by atoms with van der Waals surface area (Å²) in [6.45, 7) is 0. The molecule has 2 fully saturated rings. The maximum Gasteiger partial charge on any atom is 0.235 e. The van der Waals surface area contributed by atoms with E-state index >= 15 is 0 Å². The summed E-state index contributed by atoms with van der Waals surface area (Å²) in [6.07, 6.45) is 1.45. The van der Waals surface area contributed by atoms with Crippen molar-refractivity contribution in [3.8, 4) is 16.9 Å². The monoisotopic (exact) mass is 503 g/mol. The van der Waals surface area contributed by atoms with Crippen molar-refractivity contribution in [1.82, 2.24) is 0 Å². The van der Waals surface area contributed by atoms with Gasteiger partial charge in [-0.1, -0.05) is 18.2 Å². The van der Waals surface area contributed by atoms with Crippen molar-refractivity contribution >= 4 is 41.1 Å². The van der Waals surface area contributed by atoms with E-state index in [0.717, 1.165) is 11.3 Å². The number of carbonyl (C=O) groups is 5. The van der Waals surface area contributed by atoms with Crippen molar-refractivity contribution < 1.29 is 34.2 Å². The molecular weight excluding hydrogens is 478 g/mol. The lowest BCUT2D eigenvalue weighted by atomic mass is 9.53. The van der Waals surface area contributed by atoms with Gasteiger partial charge in [-0.25, -0.2) is 0 Å². The number of hydrogen-bond donors (Lipinski definition) is 4. The third-order valence-electron chi connectivity index (χ3n) is 7.84. The zero-order valence-electron chi connectivity index (χ0n) is 19.9. The summed E-state index contributed by atoms with van der Waals surface area (Å²) in [6, 6.07) is 10.4. The van der Waals surface area contributed by atoms with Crippen LogP contribution in [0.25, 0.3) is 11.1 Å². The van der Waals surface area contributed by atoms with Gasteiger partial charge in [0.15, 0.2) is 34.7 Å². The molecule has 0 spiro atoms. The molecule has 5 atom stereocenters. The SMILES string of the molecule is CN=CNc1ccc(-c2ccc(O)c3c2C[C@H]2CC4CC(=O)C(C(N)=O)C(=O)[C@@]4(O)C(=O)C2C3=O)cc1.